The molecule has 0 saturated heterocycles. The first-order chi connectivity index (χ1) is 8.47. The standard InChI is InChI=1S/C12H15Br3N2O/c1-2-7(6-16)3-11(18)17-12-9(14)4-8(13)5-10(12)15/h4-5,7H,2-3,6,16H2,1H3,(H,17,18). The molecule has 100 valence electrons. The summed E-state index contributed by atoms with van der Waals surface area (Å²) in [7, 11) is 0. The third-order valence-electron chi connectivity index (χ3n) is 2.66. The Labute approximate surface area is 132 Å². The average Bonchev–Trinajstić information content (AvgIpc) is 2.30. The van der Waals surface area contributed by atoms with Gasteiger partial charge in [0.2, 0.25) is 5.91 Å². The minimum atomic E-state index is -0.0176. The predicted octanol–water partition coefficient (Wildman–Crippen LogP) is 4.29. The van der Waals surface area contributed by atoms with E-state index in [2.05, 4.69) is 53.1 Å². The summed E-state index contributed by atoms with van der Waals surface area (Å²) < 4.78 is 2.60. The van der Waals surface area contributed by atoms with Crippen LogP contribution in [0.3, 0.4) is 0 Å². The van der Waals surface area contributed by atoms with Crippen molar-refractivity contribution in [2.75, 3.05) is 11.9 Å². The van der Waals surface area contributed by atoms with Crippen molar-refractivity contribution >= 4 is 59.4 Å². The second kappa shape index (κ2) is 7.62. The number of benzene rings is 1. The number of amides is 1. The summed E-state index contributed by atoms with van der Waals surface area (Å²) in [6.45, 7) is 2.57. The lowest BCUT2D eigenvalue weighted by Crippen LogP contribution is -2.22. The van der Waals surface area contributed by atoms with Gasteiger partial charge in [0, 0.05) is 19.8 Å². The van der Waals surface area contributed by atoms with Gasteiger partial charge in [-0.3, -0.25) is 4.79 Å². The monoisotopic (exact) mass is 440 g/mol. The van der Waals surface area contributed by atoms with Crippen molar-refractivity contribution in [1.82, 2.24) is 0 Å². The van der Waals surface area contributed by atoms with Crippen LogP contribution in [-0.2, 0) is 4.79 Å². The molecule has 0 bridgehead atoms. The Hall–Kier alpha value is 0.0900. The zero-order valence-corrected chi connectivity index (χ0v) is 14.7. The van der Waals surface area contributed by atoms with Crippen molar-refractivity contribution in [1.29, 1.82) is 0 Å². The molecule has 0 spiro atoms. The Morgan fingerprint density at radius 2 is 1.89 bits per heavy atom. The molecule has 0 aliphatic heterocycles. The summed E-state index contributed by atoms with van der Waals surface area (Å²) in [6.07, 6.45) is 1.36. The van der Waals surface area contributed by atoms with Gasteiger partial charge in [0.15, 0.2) is 0 Å². The van der Waals surface area contributed by atoms with Gasteiger partial charge in [-0.05, 0) is 56.5 Å². The van der Waals surface area contributed by atoms with Gasteiger partial charge in [0.05, 0.1) is 5.69 Å². The summed E-state index contributed by atoms with van der Waals surface area (Å²) in [5, 5.41) is 2.90. The van der Waals surface area contributed by atoms with E-state index in [-0.39, 0.29) is 11.8 Å². The van der Waals surface area contributed by atoms with Gasteiger partial charge < -0.3 is 11.1 Å². The van der Waals surface area contributed by atoms with Crippen molar-refractivity contribution in [2.45, 2.75) is 19.8 Å². The SMILES string of the molecule is CCC(CN)CC(=O)Nc1c(Br)cc(Br)cc1Br. The van der Waals surface area contributed by atoms with Crippen LogP contribution in [0.1, 0.15) is 19.8 Å². The lowest BCUT2D eigenvalue weighted by Gasteiger charge is -2.14. The number of nitrogens with two attached hydrogens (primary N) is 1. The van der Waals surface area contributed by atoms with Crippen LogP contribution in [0.4, 0.5) is 5.69 Å². The zero-order valence-electron chi connectivity index (χ0n) is 9.97. The summed E-state index contributed by atoms with van der Waals surface area (Å²) in [5.41, 5.74) is 6.35. The molecule has 0 radical (unpaired) electrons. The van der Waals surface area contributed by atoms with Gasteiger partial charge in [-0.1, -0.05) is 29.3 Å². The highest BCUT2D eigenvalue weighted by molar-refractivity contribution is 9.11. The third-order valence-corrected chi connectivity index (χ3v) is 4.36. The Balaban J connectivity index is 2.76. The molecule has 1 rings (SSSR count). The first kappa shape index (κ1) is 16.1. The van der Waals surface area contributed by atoms with Crippen LogP contribution in [0.2, 0.25) is 0 Å². The Morgan fingerprint density at radius 3 is 2.33 bits per heavy atom. The van der Waals surface area contributed by atoms with Gasteiger partial charge >= 0.3 is 0 Å². The van der Waals surface area contributed by atoms with Gasteiger partial charge in [0.25, 0.3) is 0 Å². The van der Waals surface area contributed by atoms with E-state index in [0.29, 0.717) is 13.0 Å². The number of anilines is 1. The molecule has 1 amide bonds. The Morgan fingerprint density at radius 1 is 1.33 bits per heavy atom. The van der Waals surface area contributed by atoms with Crippen molar-refractivity contribution in [2.24, 2.45) is 11.7 Å². The molecular formula is C12H15Br3N2O. The minimum absolute atomic E-state index is 0.0176. The average molecular weight is 443 g/mol. The van der Waals surface area contributed by atoms with Crippen LogP contribution in [0, 0.1) is 5.92 Å². The van der Waals surface area contributed by atoms with E-state index in [1.165, 1.54) is 0 Å². The Kier molecular flexibility index (Phi) is 6.84. The zero-order chi connectivity index (χ0) is 13.7. The molecule has 0 fully saturated rings. The van der Waals surface area contributed by atoms with E-state index in [9.17, 15) is 4.79 Å². The molecule has 0 aromatic heterocycles. The van der Waals surface area contributed by atoms with Crippen LogP contribution < -0.4 is 11.1 Å². The third kappa shape index (κ3) is 4.64. The summed E-state index contributed by atoms with van der Waals surface area (Å²) in [4.78, 5) is 11.9. The lowest BCUT2D eigenvalue weighted by atomic mass is 10.0. The quantitative estimate of drug-likeness (QED) is 0.714. The van der Waals surface area contributed by atoms with E-state index in [1.54, 1.807) is 0 Å². The van der Waals surface area contributed by atoms with E-state index in [4.69, 9.17) is 5.73 Å². The molecule has 3 nitrogen and oxygen atoms in total. The number of rotatable bonds is 5. The van der Waals surface area contributed by atoms with Gasteiger partial charge in [-0.15, -0.1) is 0 Å². The van der Waals surface area contributed by atoms with Crippen molar-refractivity contribution < 1.29 is 4.79 Å². The number of halogens is 3. The highest BCUT2D eigenvalue weighted by Gasteiger charge is 2.14. The fraction of sp³-hybridized carbons (Fsp3) is 0.417. The maximum absolute atomic E-state index is 11.9. The van der Waals surface area contributed by atoms with E-state index >= 15 is 0 Å². The smallest absolute Gasteiger partial charge is 0.224 e. The molecule has 1 unspecified atom stereocenters. The maximum atomic E-state index is 11.9. The molecule has 3 N–H and O–H groups in total. The van der Waals surface area contributed by atoms with E-state index in [1.807, 2.05) is 19.1 Å². The number of carbonyl (C=O) groups is 1. The van der Waals surface area contributed by atoms with Crippen LogP contribution in [0.5, 0.6) is 0 Å². The topological polar surface area (TPSA) is 55.1 Å². The second-order valence-corrected chi connectivity index (χ2v) is 6.63. The van der Waals surface area contributed by atoms with E-state index in [0.717, 1.165) is 25.5 Å². The second-order valence-electron chi connectivity index (χ2n) is 4.01. The van der Waals surface area contributed by atoms with Gasteiger partial charge in [0.1, 0.15) is 0 Å². The molecule has 6 heteroatoms. The van der Waals surface area contributed by atoms with Crippen molar-refractivity contribution in [3.63, 3.8) is 0 Å². The van der Waals surface area contributed by atoms with Crippen LogP contribution >= 0.6 is 47.8 Å². The fourth-order valence-corrected chi connectivity index (χ4v) is 3.97. The summed E-state index contributed by atoms with van der Waals surface area (Å²) in [5.74, 6) is 0.217. The molecular weight excluding hydrogens is 428 g/mol. The largest absolute Gasteiger partial charge is 0.330 e. The van der Waals surface area contributed by atoms with E-state index < -0.39 is 0 Å². The fourth-order valence-electron chi connectivity index (χ4n) is 1.51. The number of hydrogen-bond acceptors (Lipinski definition) is 2. The molecule has 1 atom stereocenters. The molecule has 0 saturated carbocycles. The maximum Gasteiger partial charge on any atom is 0.224 e. The van der Waals surface area contributed by atoms with Crippen LogP contribution in [0.25, 0.3) is 0 Å². The number of carbonyl (C=O) groups excluding carboxylic acids is 1. The molecule has 1 aromatic carbocycles. The summed E-state index contributed by atoms with van der Waals surface area (Å²) in [6, 6.07) is 3.78. The van der Waals surface area contributed by atoms with Crippen molar-refractivity contribution in [3.05, 3.63) is 25.6 Å². The van der Waals surface area contributed by atoms with Gasteiger partial charge in [-0.2, -0.15) is 0 Å². The summed E-state index contributed by atoms with van der Waals surface area (Å²) >= 11 is 10.2. The van der Waals surface area contributed by atoms with Crippen LogP contribution in [0.15, 0.2) is 25.6 Å². The normalized spacial score (nSPS) is 12.3. The molecule has 18 heavy (non-hydrogen) atoms. The van der Waals surface area contributed by atoms with Gasteiger partial charge in [-0.25, -0.2) is 0 Å². The predicted molar refractivity (Wildman–Crippen MR) is 85.6 cm³/mol. The van der Waals surface area contributed by atoms with Crippen molar-refractivity contribution in [3.8, 4) is 0 Å². The molecule has 0 heterocycles. The molecule has 1 aromatic rings. The first-order valence-electron chi connectivity index (χ1n) is 5.62. The Bertz CT molecular complexity index is 410. The minimum Gasteiger partial charge on any atom is -0.330 e. The first-order valence-corrected chi connectivity index (χ1v) is 8.00. The molecule has 0 aliphatic carbocycles. The lowest BCUT2D eigenvalue weighted by molar-refractivity contribution is -0.117. The van der Waals surface area contributed by atoms with Crippen LogP contribution in [-0.4, -0.2) is 12.5 Å². The highest BCUT2D eigenvalue weighted by Crippen LogP contribution is 2.34. The highest BCUT2D eigenvalue weighted by atomic mass is 79.9. The number of nitrogens with one attached hydrogen (secondary N) is 1. The number of hydrogen-bond donors (Lipinski definition) is 2. The molecule has 0 aliphatic rings.